The molecule has 7 nitrogen and oxygen atoms in total. The highest BCUT2D eigenvalue weighted by Gasteiger charge is 2.36. The first-order valence-electron chi connectivity index (χ1n) is 10.7. The highest BCUT2D eigenvalue weighted by Crippen LogP contribution is 2.27. The standard InChI is InChI=1S/C20H32N4O3/c25-20(21-17-8-2-1-3-9-17)24-12-16(13-24)19-22-18(23-27-19)10-11-26-14-15-6-4-5-7-15/h15-17H,1-14H2,(H,21,25). The minimum atomic E-state index is 0.0539. The van der Waals surface area contributed by atoms with E-state index in [4.69, 9.17) is 9.26 Å². The van der Waals surface area contributed by atoms with Gasteiger partial charge in [0.25, 0.3) is 0 Å². The van der Waals surface area contributed by atoms with E-state index in [0.29, 0.717) is 43.9 Å². The summed E-state index contributed by atoms with van der Waals surface area (Å²) in [5.74, 6) is 2.28. The van der Waals surface area contributed by atoms with Gasteiger partial charge in [0.1, 0.15) is 0 Å². The van der Waals surface area contributed by atoms with Crippen LogP contribution in [-0.4, -0.2) is 53.4 Å². The van der Waals surface area contributed by atoms with E-state index in [2.05, 4.69) is 15.5 Å². The van der Waals surface area contributed by atoms with Gasteiger partial charge in [-0.25, -0.2) is 4.79 Å². The topological polar surface area (TPSA) is 80.5 Å². The van der Waals surface area contributed by atoms with Crippen molar-refractivity contribution in [2.24, 2.45) is 5.92 Å². The Morgan fingerprint density at radius 2 is 1.85 bits per heavy atom. The molecular weight excluding hydrogens is 344 g/mol. The number of rotatable bonds is 7. The normalized spacial score (nSPS) is 22.1. The third kappa shape index (κ3) is 5.00. The van der Waals surface area contributed by atoms with E-state index in [1.165, 1.54) is 44.9 Å². The zero-order valence-corrected chi connectivity index (χ0v) is 16.2. The Hall–Kier alpha value is -1.63. The fourth-order valence-corrected chi connectivity index (χ4v) is 4.44. The van der Waals surface area contributed by atoms with Crippen molar-refractivity contribution in [2.45, 2.75) is 76.2 Å². The van der Waals surface area contributed by atoms with E-state index in [-0.39, 0.29) is 11.9 Å². The summed E-state index contributed by atoms with van der Waals surface area (Å²) in [6.45, 7) is 2.84. The van der Waals surface area contributed by atoms with Crippen LogP contribution >= 0.6 is 0 Å². The minimum absolute atomic E-state index is 0.0539. The lowest BCUT2D eigenvalue weighted by atomic mass is 9.95. The molecule has 2 aliphatic carbocycles. The molecule has 0 atom stereocenters. The van der Waals surface area contributed by atoms with Gasteiger partial charge in [-0.1, -0.05) is 37.3 Å². The molecule has 1 saturated heterocycles. The Balaban J connectivity index is 1.14. The Bertz CT molecular complexity index is 602. The number of nitrogens with zero attached hydrogens (tertiary/aromatic N) is 3. The first-order chi connectivity index (χ1) is 13.3. The number of ether oxygens (including phenoxy) is 1. The van der Waals surface area contributed by atoms with Crippen molar-refractivity contribution in [3.63, 3.8) is 0 Å². The van der Waals surface area contributed by atoms with Gasteiger partial charge < -0.3 is 19.5 Å². The molecule has 0 spiro atoms. The summed E-state index contributed by atoms with van der Waals surface area (Å²) in [5.41, 5.74) is 0. The molecule has 27 heavy (non-hydrogen) atoms. The molecule has 0 bridgehead atoms. The molecule has 0 radical (unpaired) electrons. The molecule has 1 aromatic heterocycles. The number of likely N-dealkylation sites (tertiary alicyclic amines) is 1. The van der Waals surface area contributed by atoms with Gasteiger partial charge in [-0.05, 0) is 31.6 Å². The number of amides is 2. The van der Waals surface area contributed by atoms with Crippen LogP contribution in [0.3, 0.4) is 0 Å². The maximum atomic E-state index is 12.3. The average molecular weight is 377 g/mol. The summed E-state index contributed by atoms with van der Waals surface area (Å²) >= 11 is 0. The smallest absolute Gasteiger partial charge is 0.317 e. The average Bonchev–Trinajstić information content (AvgIpc) is 3.30. The fraction of sp³-hybridized carbons (Fsp3) is 0.850. The second-order valence-electron chi connectivity index (χ2n) is 8.41. The minimum Gasteiger partial charge on any atom is -0.381 e. The van der Waals surface area contributed by atoms with Gasteiger partial charge in [-0.15, -0.1) is 0 Å². The van der Waals surface area contributed by atoms with E-state index in [0.717, 1.165) is 25.4 Å². The van der Waals surface area contributed by atoms with Crippen LogP contribution in [0.2, 0.25) is 0 Å². The van der Waals surface area contributed by atoms with Crippen LogP contribution in [0.15, 0.2) is 4.52 Å². The van der Waals surface area contributed by atoms with E-state index < -0.39 is 0 Å². The van der Waals surface area contributed by atoms with Crippen molar-refractivity contribution in [1.29, 1.82) is 0 Å². The molecule has 1 N–H and O–H groups in total. The molecule has 0 aromatic carbocycles. The molecule has 7 heteroatoms. The summed E-state index contributed by atoms with van der Waals surface area (Å²) < 4.78 is 11.2. The van der Waals surface area contributed by atoms with Crippen LogP contribution in [0, 0.1) is 5.92 Å². The van der Waals surface area contributed by atoms with E-state index >= 15 is 0 Å². The summed E-state index contributed by atoms with van der Waals surface area (Å²) in [7, 11) is 0. The Morgan fingerprint density at radius 3 is 2.63 bits per heavy atom. The lowest BCUT2D eigenvalue weighted by Crippen LogP contribution is -2.54. The van der Waals surface area contributed by atoms with E-state index in [1.807, 2.05) is 4.90 Å². The quantitative estimate of drug-likeness (QED) is 0.739. The van der Waals surface area contributed by atoms with Crippen LogP contribution in [0.25, 0.3) is 0 Å². The highest BCUT2D eigenvalue weighted by atomic mass is 16.5. The molecule has 2 saturated carbocycles. The zero-order chi connectivity index (χ0) is 18.5. The van der Waals surface area contributed by atoms with Crippen molar-refractivity contribution in [3.8, 4) is 0 Å². The summed E-state index contributed by atoms with van der Waals surface area (Å²) in [5, 5.41) is 7.23. The fourth-order valence-electron chi connectivity index (χ4n) is 4.44. The predicted molar refractivity (Wildman–Crippen MR) is 100 cm³/mol. The molecule has 2 amide bonds. The molecule has 0 unspecified atom stereocenters. The number of aromatic nitrogens is 2. The number of carbonyl (C=O) groups excluding carboxylic acids is 1. The van der Waals surface area contributed by atoms with Crippen LogP contribution < -0.4 is 5.32 Å². The van der Waals surface area contributed by atoms with Crippen LogP contribution in [-0.2, 0) is 11.2 Å². The van der Waals surface area contributed by atoms with E-state index in [1.54, 1.807) is 0 Å². The maximum Gasteiger partial charge on any atom is 0.317 e. The zero-order valence-electron chi connectivity index (χ0n) is 16.2. The molecule has 3 fully saturated rings. The number of hydrogen-bond donors (Lipinski definition) is 1. The second kappa shape index (κ2) is 9.04. The SMILES string of the molecule is O=C(NC1CCCCC1)N1CC(c2nc(CCOCC3CCCC3)no2)C1. The van der Waals surface area contributed by atoms with Gasteiger partial charge in [0.05, 0.1) is 12.5 Å². The monoisotopic (exact) mass is 376 g/mol. The number of hydrogen-bond acceptors (Lipinski definition) is 5. The van der Waals surface area contributed by atoms with Crippen molar-refractivity contribution >= 4 is 6.03 Å². The molecule has 1 aromatic rings. The van der Waals surface area contributed by atoms with Crippen LogP contribution in [0.4, 0.5) is 4.79 Å². The molecule has 3 aliphatic rings. The highest BCUT2D eigenvalue weighted by molar-refractivity contribution is 5.75. The van der Waals surface area contributed by atoms with Gasteiger partial charge in [-0.3, -0.25) is 0 Å². The van der Waals surface area contributed by atoms with Gasteiger partial charge in [0.15, 0.2) is 5.82 Å². The van der Waals surface area contributed by atoms with Gasteiger partial charge in [0.2, 0.25) is 5.89 Å². The molecule has 1 aliphatic heterocycles. The lowest BCUT2D eigenvalue weighted by molar-refractivity contribution is 0.102. The largest absolute Gasteiger partial charge is 0.381 e. The number of nitrogens with one attached hydrogen (secondary N) is 1. The van der Waals surface area contributed by atoms with Gasteiger partial charge >= 0.3 is 6.03 Å². The van der Waals surface area contributed by atoms with Crippen LogP contribution in [0.5, 0.6) is 0 Å². The predicted octanol–water partition coefficient (Wildman–Crippen LogP) is 3.26. The molecule has 2 heterocycles. The third-order valence-electron chi connectivity index (χ3n) is 6.23. The van der Waals surface area contributed by atoms with E-state index in [9.17, 15) is 4.79 Å². The summed E-state index contributed by atoms with van der Waals surface area (Å²) in [6.07, 6.45) is 12.0. The molecule has 4 rings (SSSR count). The van der Waals surface area contributed by atoms with Gasteiger partial charge in [-0.2, -0.15) is 4.98 Å². The lowest BCUT2D eigenvalue weighted by Gasteiger charge is -2.38. The molecular formula is C20H32N4O3. The van der Waals surface area contributed by atoms with Crippen molar-refractivity contribution in [2.75, 3.05) is 26.3 Å². The Morgan fingerprint density at radius 1 is 1.11 bits per heavy atom. The van der Waals surface area contributed by atoms with Crippen molar-refractivity contribution in [1.82, 2.24) is 20.4 Å². The van der Waals surface area contributed by atoms with Gasteiger partial charge in [0, 0.05) is 32.2 Å². The summed E-state index contributed by atoms with van der Waals surface area (Å²) in [6, 6.07) is 0.405. The first kappa shape index (κ1) is 18.7. The molecule has 150 valence electrons. The summed E-state index contributed by atoms with van der Waals surface area (Å²) in [4.78, 5) is 18.6. The van der Waals surface area contributed by atoms with Crippen molar-refractivity contribution in [3.05, 3.63) is 11.7 Å². The maximum absolute atomic E-state index is 12.3. The Kier molecular flexibility index (Phi) is 6.27. The van der Waals surface area contributed by atoms with Crippen molar-refractivity contribution < 1.29 is 14.1 Å². The number of carbonyl (C=O) groups is 1. The second-order valence-corrected chi connectivity index (χ2v) is 8.41. The third-order valence-corrected chi connectivity index (χ3v) is 6.23. The number of urea groups is 1. The van der Waals surface area contributed by atoms with Crippen LogP contribution in [0.1, 0.15) is 75.4 Å². The first-order valence-corrected chi connectivity index (χ1v) is 10.7. The Labute approximate surface area is 161 Å².